The number of anilines is 1. The Bertz CT molecular complexity index is 4480. The van der Waals surface area contributed by atoms with Gasteiger partial charge in [-0.15, -0.1) is 10.2 Å². The average molecular weight is 1220 g/mol. The Hall–Kier alpha value is -10.9. The van der Waals surface area contributed by atoms with Crippen molar-refractivity contribution >= 4 is 84.6 Å². The zero-order valence-electron chi connectivity index (χ0n) is 48.2. The summed E-state index contributed by atoms with van der Waals surface area (Å²) >= 11 is 1.16. The van der Waals surface area contributed by atoms with Crippen molar-refractivity contribution in [3.63, 3.8) is 0 Å². The van der Waals surface area contributed by atoms with E-state index in [0.717, 1.165) is 28.0 Å². The van der Waals surface area contributed by atoms with Gasteiger partial charge in [0.25, 0.3) is 35.4 Å². The molecule has 7 heterocycles. The molecule has 13 rings (SSSR count). The molecule has 0 radical (unpaired) electrons. The van der Waals surface area contributed by atoms with E-state index in [9.17, 15) is 57.3 Å². The number of hydrogen-bond acceptors (Lipinski definition) is 15. The van der Waals surface area contributed by atoms with Gasteiger partial charge in [-0.25, -0.2) is 13.2 Å². The summed E-state index contributed by atoms with van der Waals surface area (Å²) in [6, 6.07) is 27.8. The van der Waals surface area contributed by atoms with Crippen molar-refractivity contribution in [2.75, 3.05) is 32.5 Å². The van der Waals surface area contributed by atoms with E-state index < -0.39 is 11.8 Å². The van der Waals surface area contributed by atoms with E-state index in [4.69, 9.17) is 0 Å². The molecule has 3 aliphatic rings. The van der Waals surface area contributed by atoms with Crippen molar-refractivity contribution in [1.82, 2.24) is 49.6 Å². The van der Waals surface area contributed by atoms with E-state index in [1.807, 2.05) is 13.8 Å². The maximum absolute atomic E-state index is 13.3. The number of aromatic hydroxyl groups is 3. The molecule has 0 bridgehead atoms. The Morgan fingerprint density at radius 1 is 0.528 bits per heavy atom. The molecule has 0 spiro atoms. The van der Waals surface area contributed by atoms with Crippen LogP contribution in [0.1, 0.15) is 109 Å². The third kappa shape index (κ3) is 11.4. The summed E-state index contributed by atoms with van der Waals surface area (Å²) in [7, 11) is 3.27. The normalized spacial score (nSPS) is 13.0. The molecule has 0 saturated heterocycles. The third-order valence-corrected chi connectivity index (χ3v) is 16.1. The molecule has 6 amide bonds. The summed E-state index contributed by atoms with van der Waals surface area (Å²) in [5, 5.41) is 44.4. The van der Waals surface area contributed by atoms with Crippen LogP contribution in [0.3, 0.4) is 0 Å². The van der Waals surface area contributed by atoms with Crippen LogP contribution in [-0.2, 0) is 39.3 Å². The van der Waals surface area contributed by atoms with Crippen molar-refractivity contribution < 1.29 is 57.3 Å². The molecule has 0 fully saturated rings. The molecule has 4 N–H and O–H groups in total. The highest BCUT2D eigenvalue weighted by Crippen LogP contribution is 2.44. The number of nitrogens with one attached hydrogen (secondary N) is 1. The Labute approximate surface area is 509 Å². The molecular formula is C65H54F3N11O9S. The number of fused-ring (bicyclic) bond motifs is 6. The molecule has 0 saturated carbocycles. The molecule has 0 aliphatic carbocycles. The van der Waals surface area contributed by atoms with Gasteiger partial charge in [-0.3, -0.25) is 49.0 Å². The van der Waals surface area contributed by atoms with Gasteiger partial charge in [0.1, 0.15) is 39.5 Å². The number of phenols is 3. The fraction of sp³-hybridized carbons (Fsp3) is 0.185. The van der Waals surface area contributed by atoms with Gasteiger partial charge in [0.05, 0.1) is 33.4 Å². The number of pyridine rings is 3. The first-order valence-electron chi connectivity index (χ1n) is 27.9. The summed E-state index contributed by atoms with van der Waals surface area (Å²) in [6.07, 6.45) is 4.51. The summed E-state index contributed by atoms with van der Waals surface area (Å²) in [5.41, 5.74) is 7.09. The number of benzene rings is 6. The average Bonchev–Trinajstić information content (AvgIpc) is 1.69. The molecule has 10 aromatic rings. The van der Waals surface area contributed by atoms with Crippen LogP contribution in [-0.4, -0.2) is 128 Å². The maximum Gasteiger partial charge on any atom is 0.258 e. The second-order valence-corrected chi connectivity index (χ2v) is 22.0. The van der Waals surface area contributed by atoms with Crippen LogP contribution in [0.25, 0.3) is 32.7 Å². The van der Waals surface area contributed by atoms with E-state index >= 15 is 0 Å². The smallest absolute Gasteiger partial charge is 0.258 e. The Morgan fingerprint density at radius 3 is 1.21 bits per heavy atom. The van der Waals surface area contributed by atoms with Gasteiger partial charge >= 0.3 is 0 Å². The number of amides is 6. The summed E-state index contributed by atoms with van der Waals surface area (Å²) in [4.78, 5) is 99.0. The van der Waals surface area contributed by atoms with Gasteiger partial charge in [-0.2, -0.15) is 0 Å². The summed E-state index contributed by atoms with van der Waals surface area (Å²) in [5.74, 6) is -3.84. The van der Waals surface area contributed by atoms with Gasteiger partial charge < -0.3 is 39.8 Å². The Morgan fingerprint density at radius 2 is 0.876 bits per heavy atom. The van der Waals surface area contributed by atoms with E-state index in [0.29, 0.717) is 62.2 Å². The standard InChI is InChI=1S/C23H22FN3O3.C21H14FN5O3S.C21H18FN3O3/c1-3-26(4-2)22(29)18-16-6-5-11-25-20(16)21(28)19-17(18)13-27(23(19)30)12-14-7-9-15(24)10-8-14;22-12-5-3-11(4-6-12)8-27-9-14-15(19(29)25-21-26-24-10-31-21)13-2-1-7-23-17(13)18(28)16(14)20(27)30;1-24(2)20(27)16-14-4-3-9-23-18(14)19(26)17-15(16)11-25(21(17)28)10-12-5-7-13(22)8-6-12/h5-11,28H,3-4,12-13H2,1-2H3;1-7,10,28H,8-9H2,(H,25,26,29);3-9,26H,10-11H2,1-2H3. The molecule has 0 unspecified atom stereocenters. The monoisotopic (exact) mass is 1220 g/mol. The first kappa shape index (κ1) is 59.8. The van der Waals surface area contributed by atoms with E-state index in [-0.39, 0.29) is 136 Å². The molecule has 0 atom stereocenters. The van der Waals surface area contributed by atoms with Crippen LogP contribution < -0.4 is 5.32 Å². The molecule has 89 heavy (non-hydrogen) atoms. The quantitative estimate of drug-likeness (QED) is 0.0888. The van der Waals surface area contributed by atoms with Crippen molar-refractivity contribution in [1.29, 1.82) is 0 Å². The van der Waals surface area contributed by atoms with Crippen LogP contribution in [0.4, 0.5) is 18.3 Å². The minimum atomic E-state index is -0.470. The highest BCUT2D eigenvalue weighted by molar-refractivity contribution is 7.13. The first-order valence-corrected chi connectivity index (χ1v) is 28.8. The molecule has 24 heteroatoms. The predicted octanol–water partition coefficient (Wildman–Crippen LogP) is 9.99. The van der Waals surface area contributed by atoms with Crippen molar-refractivity contribution in [2.24, 2.45) is 0 Å². The molecule has 450 valence electrons. The van der Waals surface area contributed by atoms with Crippen molar-refractivity contribution in [2.45, 2.75) is 53.1 Å². The highest BCUT2D eigenvalue weighted by atomic mass is 32.1. The zero-order chi connectivity index (χ0) is 62.9. The fourth-order valence-corrected chi connectivity index (χ4v) is 11.7. The number of halogens is 3. The maximum atomic E-state index is 13.3. The first-order chi connectivity index (χ1) is 42.9. The second kappa shape index (κ2) is 24.8. The number of phenolic OH excluding ortho intramolecular Hbond substituents is 3. The van der Waals surface area contributed by atoms with Crippen LogP contribution in [0.2, 0.25) is 0 Å². The van der Waals surface area contributed by atoms with Gasteiger partial charge in [0.15, 0.2) is 17.2 Å². The van der Waals surface area contributed by atoms with Crippen LogP contribution >= 0.6 is 11.3 Å². The summed E-state index contributed by atoms with van der Waals surface area (Å²) in [6.45, 7) is 6.02. The number of aromatic nitrogens is 5. The predicted molar refractivity (Wildman–Crippen MR) is 323 cm³/mol. The van der Waals surface area contributed by atoms with Crippen LogP contribution in [0, 0.1) is 17.5 Å². The van der Waals surface area contributed by atoms with Gasteiger partial charge in [0.2, 0.25) is 5.13 Å². The van der Waals surface area contributed by atoms with Crippen molar-refractivity contribution in [3.8, 4) is 17.2 Å². The highest BCUT2D eigenvalue weighted by Gasteiger charge is 2.40. The SMILES string of the molecule is CCN(CC)C(=O)c1c2c(c(O)c3ncccc13)C(=O)N(Cc1ccc(F)cc1)C2.CN(C)C(=O)c1c2c(c(O)c3ncccc13)C(=O)N(Cc1ccc(F)cc1)C2.O=C(Nc1nncs1)c1c2c(c(O)c3ncccc13)C(=O)N(Cc1ccc(F)cc1)C2. The minimum Gasteiger partial charge on any atom is -0.505 e. The molecule has 20 nitrogen and oxygen atoms in total. The number of rotatable bonds is 12. The van der Waals surface area contributed by atoms with E-state index in [2.05, 4.69) is 30.5 Å². The van der Waals surface area contributed by atoms with Crippen molar-refractivity contribution in [3.05, 3.63) is 218 Å². The second-order valence-electron chi connectivity index (χ2n) is 21.2. The summed E-state index contributed by atoms with van der Waals surface area (Å²) < 4.78 is 39.6. The lowest BCUT2D eigenvalue weighted by Crippen LogP contribution is -2.31. The Balaban J connectivity index is 0.000000138. The number of hydrogen-bond donors (Lipinski definition) is 4. The lowest BCUT2D eigenvalue weighted by Gasteiger charge is -2.22. The zero-order valence-corrected chi connectivity index (χ0v) is 49.0. The molecule has 4 aromatic heterocycles. The molecule has 6 aromatic carbocycles. The minimum absolute atomic E-state index is 0.0516. The fourth-order valence-electron chi connectivity index (χ4n) is 11.3. The number of carbonyl (C=O) groups is 6. The lowest BCUT2D eigenvalue weighted by atomic mass is 9.95. The van der Waals surface area contributed by atoms with E-state index in [1.165, 1.54) is 75.2 Å². The van der Waals surface area contributed by atoms with Gasteiger partial charge in [-0.1, -0.05) is 65.9 Å². The van der Waals surface area contributed by atoms with Gasteiger partial charge in [-0.05, 0) is 85.1 Å². The lowest BCUT2D eigenvalue weighted by molar-refractivity contribution is 0.0752. The topological polar surface area (TPSA) is 256 Å². The van der Waals surface area contributed by atoms with Crippen LogP contribution in [0.5, 0.6) is 17.2 Å². The van der Waals surface area contributed by atoms with E-state index in [1.54, 1.807) is 96.7 Å². The number of nitrogens with zero attached hydrogens (tertiary/aromatic N) is 10. The van der Waals surface area contributed by atoms with Crippen LogP contribution in [0.15, 0.2) is 133 Å². The largest absolute Gasteiger partial charge is 0.505 e. The molecule has 3 aliphatic heterocycles. The third-order valence-electron chi connectivity index (χ3n) is 15.5. The van der Waals surface area contributed by atoms with Gasteiger partial charge in [0, 0.05) is 118 Å². The number of carbonyl (C=O) groups excluding carboxylic acids is 6. The molecular weight excluding hydrogens is 1170 g/mol. The Kier molecular flexibility index (Phi) is 16.7.